The predicted molar refractivity (Wildman–Crippen MR) is 66.4 cm³/mol. The molecule has 2 fully saturated rings. The Hall–Kier alpha value is -1.04. The second-order valence-electron chi connectivity index (χ2n) is 4.97. The summed E-state index contributed by atoms with van der Waals surface area (Å²) in [6.45, 7) is 0. The van der Waals surface area contributed by atoms with Crippen molar-refractivity contribution in [3.8, 4) is 0 Å². The maximum atomic E-state index is 11.2. The molecular weight excluding hydrogens is 252 g/mol. The Morgan fingerprint density at radius 2 is 2.22 bits per heavy atom. The van der Waals surface area contributed by atoms with E-state index in [4.69, 9.17) is 9.63 Å². The van der Waals surface area contributed by atoms with Gasteiger partial charge in [0.05, 0.1) is 17.1 Å². The molecule has 1 N–H and O–H groups in total. The summed E-state index contributed by atoms with van der Waals surface area (Å²) in [7, 11) is 0. The quantitative estimate of drug-likeness (QED) is 0.908. The number of carboxylic acid groups (broad SMARTS) is 1. The van der Waals surface area contributed by atoms with Crippen LogP contribution in [-0.4, -0.2) is 27.0 Å². The fourth-order valence-corrected chi connectivity index (χ4v) is 4.06. The molecule has 0 radical (unpaired) electrons. The van der Waals surface area contributed by atoms with Gasteiger partial charge in [0, 0.05) is 0 Å². The minimum atomic E-state index is -0.743. The first-order valence-electron chi connectivity index (χ1n) is 6.43. The van der Waals surface area contributed by atoms with E-state index in [9.17, 15) is 4.79 Å². The van der Waals surface area contributed by atoms with Crippen LogP contribution in [0, 0.1) is 5.92 Å². The molecule has 6 heteroatoms. The molecule has 0 amide bonds. The number of rotatable bonds is 3. The number of nitrogens with zero attached hydrogens (tertiary/aromatic N) is 2. The van der Waals surface area contributed by atoms with Crippen molar-refractivity contribution in [2.24, 2.45) is 5.92 Å². The first-order chi connectivity index (χ1) is 8.75. The molecule has 5 nitrogen and oxygen atoms in total. The van der Waals surface area contributed by atoms with Gasteiger partial charge in [-0.25, -0.2) is 0 Å². The van der Waals surface area contributed by atoms with Crippen LogP contribution in [0.2, 0.25) is 0 Å². The summed E-state index contributed by atoms with van der Waals surface area (Å²) in [5.41, 5.74) is 0. The van der Waals surface area contributed by atoms with Crippen LogP contribution in [0.5, 0.6) is 0 Å². The van der Waals surface area contributed by atoms with Gasteiger partial charge in [0.2, 0.25) is 5.89 Å². The standard InChI is InChI=1S/C12H16N2O3S/c15-12(16)8-4-1-3-7(8)11-13-10(14-17-11)9-5-2-6-18-9/h7-9H,1-6H2,(H,15,16). The van der Waals surface area contributed by atoms with Crippen LogP contribution in [0.3, 0.4) is 0 Å². The number of carbonyl (C=O) groups is 1. The van der Waals surface area contributed by atoms with Crippen molar-refractivity contribution in [1.29, 1.82) is 0 Å². The van der Waals surface area contributed by atoms with E-state index in [1.165, 1.54) is 6.42 Å². The van der Waals surface area contributed by atoms with E-state index in [1.54, 1.807) is 0 Å². The molecule has 1 aliphatic carbocycles. The Labute approximate surface area is 109 Å². The van der Waals surface area contributed by atoms with E-state index in [2.05, 4.69) is 10.1 Å². The third kappa shape index (κ3) is 2.13. The van der Waals surface area contributed by atoms with E-state index in [0.717, 1.165) is 37.3 Å². The number of hydrogen-bond donors (Lipinski definition) is 1. The summed E-state index contributed by atoms with van der Waals surface area (Å²) in [6, 6.07) is 0. The normalized spacial score (nSPS) is 31.9. The Morgan fingerprint density at radius 3 is 2.94 bits per heavy atom. The molecule has 1 saturated carbocycles. The van der Waals surface area contributed by atoms with Crippen molar-refractivity contribution in [3.63, 3.8) is 0 Å². The SMILES string of the molecule is O=C(O)C1CCCC1c1nc(C2CCCS2)no1. The molecular formula is C12H16N2O3S. The molecule has 98 valence electrons. The lowest BCUT2D eigenvalue weighted by molar-refractivity contribution is -0.142. The van der Waals surface area contributed by atoms with Crippen molar-refractivity contribution in [1.82, 2.24) is 10.1 Å². The van der Waals surface area contributed by atoms with Gasteiger partial charge in [0.15, 0.2) is 5.82 Å². The zero-order valence-corrected chi connectivity index (χ0v) is 10.9. The first-order valence-corrected chi connectivity index (χ1v) is 7.48. The van der Waals surface area contributed by atoms with Crippen LogP contribution in [0.1, 0.15) is 55.0 Å². The topological polar surface area (TPSA) is 76.2 Å². The largest absolute Gasteiger partial charge is 0.481 e. The van der Waals surface area contributed by atoms with Crippen LogP contribution in [0.25, 0.3) is 0 Å². The number of thioether (sulfide) groups is 1. The average Bonchev–Trinajstić information content (AvgIpc) is 3.10. The second kappa shape index (κ2) is 4.91. The Kier molecular flexibility index (Phi) is 3.28. The molecule has 1 aromatic rings. The van der Waals surface area contributed by atoms with Crippen LogP contribution < -0.4 is 0 Å². The van der Waals surface area contributed by atoms with Crippen LogP contribution in [-0.2, 0) is 4.79 Å². The Morgan fingerprint density at radius 1 is 1.33 bits per heavy atom. The van der Waals surface area contributed by atoms with Crippen molar-refractivity contribution in [3.05, 3.63) is 11.7 Å². The summed E-state index contributed by atoms with van der Waals surface area (Å²) in [4.78, 5) is 15.6. The maximum Gasteiger partial charge on any atom is 0.307 e. The molecule has 3 rings (SSSR count). The summed E-state index contributed by atoms with van der Waals surface area (Å²) in [6.07, 6.45) is 4.78. The molecule has 3 atom stereocenters. The minimum Gasteiger partial charge on any atom is -0.481 e. The summed E-state index contributed by atoms with van der Waals surface area (Å²) in [5, 5.41) is 13.5. The van der Waals surface area contributed by atoms with Gasteiger partial charge in [0.1, 0.15) is 0 Å². The molecule has 1 aliphatic heterocycles. The van der Waals surface area contributed by atoms with Gasteiger partial charge < -0.3 is 9.63 Å². The number of carboxylic acids is 1. The Balaban J connectivity index is 1.78. The van der Waals surface area contributed by atoms with Gasteiger partial charge in [-0.1, -0.05) is 11.6 Å². The number of aromatic nitrogens is 2. The predicted octanol–water partition coefficient (Wildman–Crippen LogP) is 2.61. The molecule has 0 bridgehead atoms. The summed E-state index contributed by atoms with van der Waals surface area (Å²) < 4.78 is 5.30. The molecule has 1 saturated heterocycles. The average molecular weight is 268 g/mol. The molecule has 2 heterocycles. The van der Waals surface area contributed by atoms with Gasteiger partial charge in [0.25, 0.3) is 0 Å². The molecule has 18 heavy (non-hydrogen) atoms. The summed E-state index contributed by atoms with van der Waals surface area (Å²) in [5.74, 6) is 1.25. The number of aliphatic carboxylic acids is 1. The lowest BCUT2D eigenvalue weighted by Crippen LogP contribution is -2.17. The van der Waals surface area contributed by atoms with E-state index in [-0.39, 0.29) is 11.8 Å². The first kappa shape index (κ1) is 12.0. The van der Waals surface area contributed by atoms with E-state index >= 15 is 0 Å². The van der Waals surface area contributed by atoms with Gasteiger partial charge in [-0.3, -0.25) is 4.79 Å². The van der Waals surface area contributed by atoms with E-state index < -0.39 is 5.97 Å². The zero-order valence-electron chi connectivity index (χ0n) is 10.0. The summed E-state index contributed by atoms with van der Waals surface area (Å²) >= 11 is 1.86. The highest BCUT2D eigenvalue weighted by atomic mass is 32.2. The maximum absolute atomic E-state index is 11.2. The third-order valence-electron chi connectivity index (χ3n) is 3.83. The fourth-order valence-electron chi connectivity index (χ4n) is 2.86. The molecule has 0 aromatic carbocycles. The van der Waals surface area contributed by atoms with Crippen molar-refractivity contribution in [2.45, 2.75) is 43.3 Å². The van der Waals surface area contributed by atoms with E-state index in [0.29, 0.717) is 11.1 Å². The third-order valence-corrected chi connectivity index (χ3v) is 5.20. The highest BCUT2D eigenvalue weighted by molar-refractivity contribution is 7.99. The Bertz CT molecular complexity index is 442. The van der Waals surface area contributed by atoms with Gasteiger partial charge in [-0.2, -0.15) is 16.7 Å². The van der Waals surface area contributed by atoms with Crippen molar-refractivity contribution in [2.75, 3.05) is 5.75 Å². The van der Waals surface area contributed by atoms with Crippen molar-refractivity contribution >= 4 is 17.7 Å². The minimum absolute atomic E-state index is 0.0878. The fraction of sp³-hybridized carbons (Fsp3) is 0.750. The smallest absolute Gasteiger partial charge is 0.307 e. The highest BCUT2D eigenvalue weighted by Crippen LogP contribution is 2.42. The molecule has 1 aromatic heterocycles. The lowest BCUT2D eigenvalue weighted by atomic mass is 9.96. The monoisotopic (exact) mass is 268 g/mol. The van der Waals surface area contributed by atoms with E-state index in [1.807, 2.05) is 11.8 Å². The van der Waals surface area contributed by atoms with Crippen molar-refractivity contribution < 1.29 is 14.4 Å². The molecule has 0 spiro atoms. The van der Waals surface area contributed by atoms with Gasteiger partial charge >= 0.3 is 5.97 Å². The van der Waals surface area contributed by atoms with Gasteiger partial charge in [-0.05, 0) is 31.4 Å². The highest BCUT2D eigenvalue weighted by Gasteiger charge is 2.38. The molecule has 3 unspecified atom stereocenters. The second-order valence-corrected chi connectivity index (χ2v) is 6.29. The van der Waals surface area contributed by atoms with Crippen LogP contribution >= 0.6 is 11.8 Å². The van der Waals surface area contributed by atoms with Crippen LogP contribution in [0.4, 0.5) is 0 Å². The lowest BCUT2D eigenvalue weighted by Gasteiger charge is -2.10. The molecule has 2 aliphatic rings. The van der Waals surface area contributed by atoms with Crippen LogP contribution in [0.15, 0.2) is 4.52 Å². The number of hydrogen-bond acceptors (Lipinski definition) is 5. The zero-order chi connectivity index (χ0) is 12.5. The van der Waals surface area contributed by atoms with Gasteiger partial charge in [-0.15, -0.1) is 0 Å².